The number of Topliss-reactive ketones (excluding diaryl/α,β-unsaturated/α-hetero) is 1. The molecule has 11 nitrogen and oxygen atoms in total. The number of aliphatic hydroxyl groups is 6. The van der Waals surface area contributed by atoms with Crippen molar-refractivity contribution in [3.63, 3.8) is 0 Å². The van der Waals surface area contributed by atoms with E-state index in [9.17, 15) is 30.6 Å². The van der Waals surface area contributed by atoms with Gasteiger partial charge in [0.15, 0.2) is 5.78 Å². The van der Waals surface area contributed by atoms with Gasteiger partial charge in [-0.1, -0.05) is 52.4 Å². The van der Waals surface area contributed by atoms with Crippen molar-refractivity contribution in [2.24, 2.45) is 68.9 Å². The summed E-state index contributed by atoms with van der Waals surface area (Å²) in [7, 11) is 0. The standard InChI is InChI=1S/C46H79N3O8/c1-5-6-7-8-11-30-26-57-41(28(30)3)42(54)43(4,55)36-18-21-46(56)38-32(17-20-45(36,46)31-12-9-10-13-31)44(19-16-29-14-15-37(47)48-25-29)23-35(52)34(51)22-33(44)40(53)39(38)49-24-27(2)50/h27-38,41-42,48,50-52,54-56H,5-26,47H2,1-4H3/t27-,28-,29?,30-,32+,33+,34+,35-,36-,37?,38-,41+,42+,43+,44+,45-,46-/m0/s1. The molecule has 7 aliphatic rings. The van der Waals surface area contributed by atoms with Gasteiger partial charge >= 0.3 is 0 Å². The predicted molar refractivity (Wildman–Crippen MR) is 220 cm³/mol. The van der Waals surface area contributed by atoms with E-state index in [0.29, 0.717) is 56.3 Å². The van der Waals surface area contributed by atoms with Gasteiger partial charge in [-0.3, -0.25) is 9.79 Å². The van der Waals surface area contributed by atoms with E-state index in [1.54, 1.807) is 13.8 Å². The number of unbranched alkanes of at least 4 members (excludes halogenated alkanes) is 3. The minimum absolute atomic E-state index is 0.0186. The number of ether oxygens (including phenoxy) is 1. The molecule has 0 aromatic rings. The minimum Gasteiger partial charge on any atom is -0.391 e. The van der Waals surface area contributed by atoms with Crippen molar-refractivity contribution in [3.05, 3.63) is 0 Å². The predicted octanol–water partition coefficient (Wildman–Crippen LogP) is 4.65. The minimum atomic E-state index is -1.56. The molecule has 0 spiro atoms. The zero-order valence-electron chi connectivity index (χ0n) is 35.7. The Labute approximate surface area is 342 Å². The van der Waals surface area contributed by atoms with Gasteiger partial charge in [-0.05, 0) is 145 Å². The number of aliphatic hydroxyl groups excluding tert-OH is 4. The summed E-state index contributed by atoms with van der Waals surface area (Å²) in [6, 6.07) is 0. The van der Waals surface area contributed by atoms with Gasteiger partial charge in [0.25, 0.3) is 0 Å². The number of hydrogen-bond acceptors (Lipinski definition) is 11. The zero-order valence-corrected chi connectivity index (χ0v) is 35.7. The SMILES string of the molecule is CCCCCC[C@H]1CO[C@@H]([C@@H](O)[C@](C)(O)[C@@H]2CC[C@]3(O)[C@@H]4C(=NC[C@H](C)O)C(=O)[C@H]5C[C@@H](O)[C@@H](O)C[C@]5(CCC5CCC(N)NC5)[C@@H]4CC[C@]23C2CCCC2)[C@H]1C. The molecule has 5 saturated carbocycles. The van der Waals surface area contributed by atoms with Crippen LogP contribution in [0.3, 0.4) is 0 Å². The molecule has 7 fully saturated rings. The molecule has 2 saturated heterocycles. The average molecular weight is 802 g/mol. The molecule has 326 valence electrons. The van der Waals surface area contributed by atoms with Crippen molar-refractivity contribution in [2.75, 3.05) is 19.7 Å². The van der Waals surface area contributed by atoms with Crippen LogP contribution < -0.4 is 11.1 Å². The van der Waals surface area contributed by atoms with Crippen molar-refractivity contribution in [2.45, 2.75) is 198 Å². The van der Waals surface area contributed by atoms with Crippen LogP contribution in [0.25, 0.3) is 0 Å². The van der Waals surface area contributed by atoms with Crippen molar-refractivity contribution in [1.29, 1.82) is 0 Å². The lowest BCUT2D eigenvalue weighted by Crippen LogP contribution is -2.72. The molecule has 17 atom stereocenters. The third kappa shape index (κ3) is 7.66. The number of carbonyl (C=O) groups is 1. The fraction of sp³-hybridized carbons (Fsp3) is 0.957. The topological polar surface area (TPSA) is 198 Å². The number of aliphatic imine (C=N–C) groups is 1. The van der Waals surface area contributed by atoms with Crippen molar-refractivity contribution in [1.82, 2.24) is 5.32 Å². The van der Waals surface area contributed by atoms with E-state index < -0.39 is 70.3 Å². The lowest BCUT2D eigenvalue weighted by Gasteiger charge is -2.67. The third-order valence-corrected chi connectivity index (χ3v) is 17.8. The first-order valence-electron chi connectivity index (χ1n) is 23.5. The molecule has 0 aromatic heterocycles. The fourth-order valence-corrected chi connectivity index (χ4v) is 14.9. The van der Waals surface area contributed by atoms with E-state index in [1.165, 1.54) is 19.3 Å². The highest BCUT2D eigenvalue weighted by Gasteiger charge is 2.76. The number of rotatable bonds is 14. The van der Waals surface area contributed by atoms with E-state index >= 15 is 4.79 Å². The molecule has 7 rings (SSSR count). The molecular weight excluding hydrogens is 723 g/mol. The smallest absolute Gasteiger partial charge is 0.180 e. The summed E-state index contributed by atoms with van der Waals surface area (Å²) in [5, 5.41) is 75.9. The lowest BCUT2D eigenvalue weighted by molar-refractivity contribution is -0.244. The number of carbonyl (C=O) groups excluding carboxylic acids is 1. The van der Waals surface area contributed by atoms with E-state index in [1.807, 2.05) is 0 Å². The summed E-state index contributed by atoms with van der Waals surface area (Å²) < 4.78 is 6.39. The summed E-state index contributed by atoms with van der Waals surface area (Å²) in [4.78, 5) is 20.2. The summed E-state index contributed by atoms with van der Waals surface area (Å²) >= 11 is 0. The van der Waals surface area contributed by atoms with Gasteiger partial charge in [0.2, 0.25) is 0 Å². The highest BCUT2D eigenvalue weighted by Crippen LogP contribution is 2.74. The first-order chi connectivity index (χ1) is 27.1. The van der Waals surface area contributed by atoms with E-state index in [4.69, 9.17) is 15.5 Å². The molecular formula is C46H79N3O8. The van der Waals surface area contributed by atoms with Crippen LogP contribution in [0.1, 0.15) is 150 Å². The molecule has 11 heteroatoms. The van der Waals surface area contributed by atoms with Crippen LogP contribution in [-0.4, -0.2) is 110 Å². The van der Waals surface area contributed by atoms with Crippen LogP contribution in [0.5, 0.6) is 0 Å². The molecule has 2 aliphatic heterocycles. The first-order valence-corrected chi connectivity index (χ1v) is 23.5. The maximum Gasteiger partial charge on any atom is 0.180 e. The molecule has 0 amide bonds. The van der Waals surface area contributed by atoms with Gasteiger partial charge < -0.3 is 46.4 Å². The number of fused-ring (bicyclic) bond motifs is 5. The molecule has 5 aliphatic carbocycles. The van der Waals surface area contributed by atoms with Crippen LogP contribution in [0.15, 0.2) is 4.99 Å². The number of ketones is 1. The zero-order chi connectivity index (χ0) is 40.9. The van der Waals surface area contributed by atoms with E-state index in [0.717, 1.165) is 64.3 Å². The Morgan fingerprint density at radius 1 is 1.02 bits per heavy atom. The number of nitrogens with two attached hydrogens (primary N) is 1. The van der Waals surface area contributed by atoms with Gasteiger partial charge in [0.1, 0.15) is 6.10 Å². The number of piperidine rings is 1. The quantitative estimate of drug-likeness (QED) is 0.115. The first kappa shape index (κ1) is 44.0. The monoisotopic (exact) mass is 802 g/mol. The van der Waals surface area contributed by atoms with Gasteiger partial charge in [0, 0.05) is 17.3 Å². The Bertz CT molecular complexity index is 1410. The summed E-state index contributed by atoms with van der Waals surface area (Å²) in [5.41, 5.74) is 2.12. The number of nitrogens with one attached hydrogen (secondary N) is 1. The van der Waals surface area contributed by atoms with E-state index in [2.05, 4.69) is 19.2 Å². The molecule has 2 heterocycles. The molecule has 0 aromatic carbocycles. The highest BCUT2D eigenvalue weighted by molar-refractivity contribution is 6.42. The van der Waals surface area contributed by atoms with Gasteiger partial charge in [0.05, 0.1) is 60.6 Å². The fourth-order valence-electron chi connectivity index (χ4n) is 14.9. The molecule has 0 bridgehead atoms. The van der Waals surface area contributed by atoms with Gasteiger partial charge in [-0.15, -0.1) is 0 Å². The lowest BCUT2D eigenvalue weighted by atomic mass is 9.38. The summed E-state index contributed by atoms with van der Waals surface area (Å²) in [5.74, 6) is -1.10. The summed E-state index contributed by atoms with van der Waals surface area (Å²) in [6.07, 6.45) is 11.3. The van der Waals surface area contributed by atoms with Crippen molar-refractivity contribution < 1.29 is 40.2 Å². The van der Waals surface area contributed by atoms with Gasteiger partial charge in [-0.25, -0.2) is 0 Å². The van der Waals surface area contributed by atoms with Crippen LogP contribution in [-0.2, 0) is 9.53 Å². The average Bonchev–Trinajstić information content (AvgIpc) is 3.92. The highest BCUT2D eigenvalue weighted by atomic mass is 16.5. The maximum atomic E-state index is 15.2. The Morgan fingerprint density at radius 3 is 2.46 bits per heavy atom. The second-order valence-electron chi connectivity index (χ2n) is 20.9. The molecule has 57 heavy (non-hydrogen) atoms. The molecule has 9 N–H and O–H groups in total. The Morgan fingerprint density at radius 2 is 1.77 bits per heavy atom. The second-order valence-corrected chi connectivity index (χ2v) is 20.9. The van der Waals surface area contributed by atoms with Crippen molar-refractivity contribution >= 4 is 11.5 Å². The number of nitrogens with zero attached hydrogens (tertiary/aromatic N) is 1. The van der Waals surface area contributed by atoms with Crippen molar-refractivity contribution in [3.8, 4) is 0 Å². The van der Waals surface area contributed by atoms with Crippen LogP contribution in [0.4, 0.5) is 0 Å². The van der Waals surface area contributed by atoms with Gasteiger partial charge in [-0.2, -0.15) is 0 Å². The second kappa shape index (κ2) is 17.4. The largest absolute Gasteiger partial charge is 0.391 e. The Hall–Kier alpha value is -1.02. The Balaban J connectivity index is 1.27. The molecule has 0 radical (unpaired) electrons. The van der Waals surface area contributed by atoms with Crippen LogP contribution >= 0.6 is 0 Å². The third-order valence-electron chi connectivity index (χ3n) is 17.8. The normalized spacial score (nSPS) is 46.7. The maximum absolute atomic E-state index is 15.2. The Kier molecular flexibility index (Phi) is 13.4. The molecule has 2 unspecified atom stereocenters. The van der Waals surface area contributed by atoms with Crippen LogP contribution in [0, 0.1) is 58.2 Å². The van der Waals surface area contributed by atoms with Crippen LogP contribution in [0.2, 0.25) is 0 Å². The van der Waals surface area contributed by atoms with E-state index in [-0.39, 0.29) is 49.1 Å². The summed E-state index contributed by atoms with van der Waals surface area (Å²) in [6.45, 7) is 9.24. The number of hydrogen-bond donors (Lipinski definition) is 8.